The van der Waals surface area contributed by atoms with Crippen LogP contribution in [0.3, 0.4) is 0 Å². The number of ketones is 1. The second-order valence-corrected chi connectivity index (χ2v) is 4.73. The Hall–Kier alpha value is -1.60. The molecule has 2 N–H and O–H groups in total. The quantitative estimate of drug-likeness (QED) is 0.763. The first-order chi connectivity index (χ1) is 8.25. The summed E-state index contributed by atoms with van der Waals surface area (Å²) in [6, 6.07) is -0.157. The molecule has 1 saturated heterocycles. The Kier molecular flexibility index (Phi) is 2.49. The van der Waals surface area contributed by atoms with Crippen LogP contribution >= 0.6 is 11.5 Å². The number of hydrogen-bond donors (Lipinski definition) is 2. The van der Waals surface area contributed by atoms with Crippen molar-refractivity contribution in [3.63, 3.8) is 0 Å². The van der Waals surface area contributed by atoms with Crippen LogP contribution in [0.15, 0.2) is 11.1 Å². The molecule has 1 atom stereocenters. The van der Waals surface area contributed by atoms with Crippen LogP contribution in [-0.2, 0) is 4.79 Å². The highest BCUT2D eigenvalue weighted by Gasteiger charge is 2.25. The Morgan fingerprint density at radius 3 is 3.12 bits per heavy atom. The van der Waals surface area contributed by atoms with E-state index in [1.54, 1.807) is 0 Å². The topological polar surface area (TPSA) is 87.7 Å². The van der Waals surface area contributed by atoms with Gasteiger partial charge in [0.05, 0.1) is 18.1 Å². The number of nitrogens with zero attached hydrogens (tertiary/aromatic N) is 2. The molecule has 0 spiro atoms. The van der Waals surface area contributed by atoms with Crippen molar-refractivity contribution in [2.75, 3.05) is 6.54 Å². The lowest BCUT2D eigenvalue weighted by molar-refractivity contribution is -0.120. The number of rotatable bonds is 1. The van der Waals surface area contributed by atoms with E-state index in [-0.39, 0.29) is 17.4 Å². The minimum atomic E-state index is -0.196. The molecule has 2 aromatic heterocycles. The van der Waals surface area contributed by atoms with Gasteiger partial charge in [-0.1, -0.05) is 0 Å². The van der Waals surface area contributed by atoms with Gasteiger partial charge in [-0.05, 0) is 11.5 Å². The molecule has 6 nitrogen and oxygen atoms in total. The average Bonchev–Trinajstić information content (AvgIpc) is 2.74. The molecule has 1 aliphatic heterocycles. The zero-order valence-electron chi connectivity index (χ0n) is 8.90. The number of hydrogen-bond acceptors (Lipinski definition) is 6. The second-order valence-electron chi connectivity index (χ2n) is 3.98. The predicted molar refractivity (Wildman–Crippen MR) is 63.0 cm³/mol. The number of H-pyrrole nitrogens is 1. The maximum absolute atomic E-state index is 11.7. The highest BCUT2D eigenvalue weighted by atomic mass is 32.1. The summed E-state index contributed by atoms with van der Waals surface area (Å²) in [5.41, 5.74) is 0.450. The fourth-order valence-corrected chi connectivity index (χ4v) is 2.83. The molecule has 0 bridgehead atoms. The molecule has 0 aromatic carbocycles. The average molecular weight is 250 g/mol. The van der Waals surface area contributed by atoms with Crippen molar-refractivity contribution >= 4 is 27.5 Å². The molecular formula is C10H10N4O2S. The zero-order chi connectivity index (χ0) is 11.8. The molecule has 3 rings (SSSR count). The molecule has 0 radical (unpaired) electrons. The van der Waals surface area contributed by atoms with Crippen LogP contribution in [0.1, 0.15) is 24.6 Å². The molecular weight excluding hydrogens is 240 g/mol. The van der Waals surface area contributed by atoms with Crippen LogP contribution in [0.2, 0.25) is 0 Å². The third-order valence-electron chi connectivity index (χ3n) is 2.86. The van der Waals surface area contributed by atoms with Gasteiger partial charge in [-0.2, -0.15) is 4.37 Å². The van der Waals surface area contributed by atoms with E-state index in [0.717, 1.165) is 0 Å². The van der Waals surface area contributed by atoms with Gasteiger partial charge in [0.25, 0.3) is 5.56 Å². The molecule has 0 saturated carbocycles. The first-order valence-corrected chi connectivity index (χ1v) is 6.11. The van der Waals surface area contributed by atoms with Crippen molar-refractivity contribution < 1.29 is 4.79 Å². The van der Waals surface area contributed by atoms with Gasteiger partial charge in [0.2, 0.25) is 0 Å². The third-order valence-corrected chi connectivity index (χ3v) is 3.63. The van der Waals surface area contributed by atoms with Crippen molar-refractivity contribution in [3.8, 4) is 0 Å². The minimum absolute atomic E-state index is 0.157. The summed E-state index contributed by atoms with van der Waals surface area (Å²) in [5.74, 6) is 0.204. The molecule has 88 valence electrons. The lowest BCUT2D eigenvalue weighted by Gasteiger charge is -2.20. The Bertz CT molecular complexity index is 633. The van der Waals surface area contributed by atoms with Gasteiger partial charge < -0.3 is 10.3 Å². The minimum Gasteiger partial charge on any atom is -0.312 e. The normalized spacial score (nSPS) is 20.9. The number of carbonyl (C=O) groups is 1. The summed E-state index contributed by atoms with van der Waals surface area (Å²) in [4.78, 5) is 30.4. The zero-order valence-corrected chi connectivity index (χ0v) is 9.71. The SMILES string of the molecule is O=C1CCNC(c2nsc3nc[nH]c(=O)c23)C1. The summed E-state index contributed by atoms with van der Waals surface area (Å²) < 4.78 is 4.26. The highest BCUT2D eigenvalue weighted by Crippen LogP contribution is 2.26. The molecule has 1 unspecified atom stereocenters. The summed E-state index contributed by atoms with van der Waals surface area (Å²) in [6.45, 7) is 0.640. The standard InChI is InChI=1S/C10H10N4O2S/c15-5-1-2-11-6(3-5)8-7-9(16)12-4-13-10(7)17-14-8/h4,6,11H,1-3H2,(H,12,13,16). The number of aromatic nitrogens is 3. The number of piperidine rings is 1. The molecule has 3 heterocycles. The molecule has 0 aliphatic carbocycles. The smallest absolute Gasteiger partial charge is 0.261 e. The molecule has 17 heavy (non-hydrogen) atoms. The molecule has 7 heteroatoms. The number of Topliss-reactive ketones (excluding diaryl/α,β-unsaturated/α-hetero) is 1. The summed E-state index contributed by atoms with van der Waals surface area (Å²) in [5, 5.41) is 3.72. The highest BCUT2D eigenvalue weighted by molar-refractivity contribution is 7.12. The summed E-state index contributed by atoms with van der Waals surface area (Å²) in [6.07, 6.45) is 2.31. The van der Waals surface area contributed by atoms with E-state index in [2.05, 4.69) is 19.7 Å². The van der Waals surface area contributed by atoms with Crippen LogP contribution in [-0.4, -0.2) is 26.7 Å². The van der Waals surface area contributed by atoms with Crippen molar-refractivity contribution in [2.24, 2.45) is 0 Å². The fourth-order valence-electron chi connectivity index (χ4n) is 2.04. The van der Waals surface area contributed by atoms with Crippen molar-refractivity contribution in [2.45, 2.75) is 18.9 Å². The molecule has 1 fully saturated rings. The number of aromatic amines is 1. The maximum atomic E-state index is 11.7. The lowest BCUT2D eigenvalue weighted by atomic mass is 9.99. The molecule has 0 amide bonds. The van der Waals surface area contributed by atoms with Gasteiger partial charge in [-0.3, -0.25) is 9.59 Å². The van der Waals surface area contributed by atoms with Crippen LogP contribution in [0.25, 0.3) is 10.2 Å². The first-order valence-electron chi connectivity index (χ1n) is 5.34. The van der Waals surface area contributed by atoms with E-state index in [4.69, 9.17) is 0 Å². The Balaban J connectivity index is 2.11. The van der Waals surface area contributed by atoms with Crippen molar-refractivity contribution in [1.29, 1.82) is 0 Å². The van der Waals surface area contributed by atoms with Gasteiger partial charge >= 0.3 is 0 Å². The van der Waals surface area contributed by atoms with Crippen LogP contribution < -0.4 is 10.9 Å². The van der Waals surface area contributed by atoms with E-state index in [1.807, 2.05) is 0 Å². The Labute approximate surface area is 100 Å². The van der Waals surface area contributed by atoms with Crippen LogP contribution in [0.4, 0.5) is 0 Å². The number of nitrogens with one attached hydrogen (secondary N) is 2. The first kappa shape index (κ1) is 10.5. The molecule has 2 aromatic rings. The van der Waals surface area contributed by atoms with E-state index < -0.39 is 0 Å². The van der Waals surface area contributed by atoms with Crippen molar-refractivity contribution in [1.82, 2.24) is 19.7 Å². The largest absolute Gasteiger partial charge is 0.312 e. The van der Waals surface area contributed by atoms with E-state index in [1.165, 1.54) is 17.9 Å². The summed E-state index contributed by atoms with van der Waals surface area (Å²) >= 11 is 1.19. The number of carbonyl (C=O) groups excluding carboxylic acids is 1. The maximum Gasteiger partial charge on any atom is 0.261 e. The van der Waals surface area contributed by atoms with Gasteiger partial charge in [-0.15, -0.1) is 0 Å². The van der Waals surface area contributed by atoms with Gasteiger partial charge in [0.1, 0.15) is 11.2 Å². The Morgan fingerprint density at radius 1 is 1.41 bits per heavy atom. The van der Waals surface area contributed by atoms with Crippen LogP contribution in [0, 0.1) is 0 Å². The monoisotopic (exact) mass is 250 g/mol. The Morgan fingerprint density at radius 2 is 2.29 bits per heavy atom. The molecule has 1 aliphatic rings. The lowest BCUT2D eigenvalue weighted by Crippen LogP contribution is -2.32. The van der Waals surface area contributed by atoms with E-state index in [0.29, 0.717) is 35.3 Å². The van der Waals surface area contributed by atoms with Crippen molar-refractivity contribution in [3.05, 3.63) is 22.4 Å². The second kappa shape index (κ2) is 4.01. The van der Waals surface area contributed by atoms with Crippen LogP contribution in [0.5, 0.6) is 0 Å². The van der Waals surface area contributed by atoms with Gasteiger partial charge in [0.15, 0.2) is 4.83 Å². The van der Waals surface area contributed by atoms with Gasteiger partial charge in [0, 0.05) is 19.4 Å². The fraction of sp³-hybridized carbons (Fsp3) is 0.400. The van der Waals surface area contributed by atoms with Gasteiger partial charge in [-0.25, -0.2) is 4.98 Å². The predicted octanol–water partition coefficient (Wildman–Crippen LogP) is 0.373. The summed E-state index contributed by atoms with van der Waals surface area (Å²) in [7, 11) is 0. The van der Waals surface area contributed by atoms with E-state index >= 15 is 0 Å². The third kappa shape index (κ3) is 1.77. The van der Waals surface area contributed by atoms with E-state index in [9.17, 15) is 9.59 Å². The number of fused-ring (bicyclic) bond motifs is 1.